The summed E-state index contributed by atoms with van der Waals surface area (Å²) in [6.07, 6.45) is 0. The Labute approximate surface area is 64.9 Å². The van der Waals surface area contributed by atoms with Gasteiger partial charge in [-0.2, -0.15) is 0 Å². The monoisotopic (exact) mass is 315 g/mol. The van der Waals surface area contributed by atoms with Crippen LogP contribution in [0.5, 0.6) is 0 Å². The molecule has 6 radical (unpaired) electrons. The minimum absolute atomic E-state index is 0. The van der Waals surface area contributed by atoms with E-state index < -0.39 is 0 Å². The predicted octanol–water partition coefficient (Wildman–Crippen LogP) is -0.463. The van der Waals surface area contributed by atoms with Gasteiger partial charge in [0.2, 0.25) is 0 Å². The van der Waals surface area contributed by atoms with E-state index in [1.54, 1.807) is 0 Å². The second-order valence-corrected chi connectivity index (χ2v) is 0.149. The van der Waals surface area contributed by atoms with Crippen molar-refractivity contribution in [2.24, 2.45) is 10.7 Å². The Bertz CT molecular complexity index is 33.5. The Kier molecular flexibility index (Phi) is 677. The van der Waals surface area contributed by atoms with Gasteiger partial charge in [0.05, 0.1) is 0 Å². The summed E-state index contributed by atoms with van der Waals surface area (Å²) < 4.78 is 0. The standard InChI is InChI=1S/2HNO2.2N.Pt/c2*2-1-3;;;/h2*(H,2,3);;;/q;;;;+2/p-2. The zero-order valence-corrected chi connectivity index (χ0v) is 6.01. The molecular formula is N4O4Pt. The van der Waals surface area contributed by atoms with Gasteiger partial charge in [0.1, 0.15) is 0 Å². The van der Waals surface area contributed by atoms with Crippen LogP contribution in [0.15, 0.2) is 10.7 Å². The molecule has 0 atom stereocenters. The third-order valence-electron chi connectivity index (χ3n) is 0. The van der Waals surface area contributed by atoms with Crippen LogP contribution >= 0.6 is 0 Å². The average Bonchev–Trinajstić information content (AvgIpc) is 1.39. The van der Waals surface area contributed by atoms with Crippen molar-refractivity contribution in [3.05, 3.63) is 20.2 Å². The molecule has 0 saturated heterocycles. The Balaban J connectivity index is -0.00000000889. The first kappa shape index (κ1) is 39.7. The van der Waals surface area contributed by atoms with E-state index in [0.717, 1.165) is 10.7 Å². The second-order valence-electron chi connectivity index (χ2n) is 0.149. The maximum atomic E-state index is 8.00. The van der Waals surface area contributed by atoms with Crippen LogP contribution < -0.4 is 12.3 Å². The number of rotatable bonds is 0. The van der Waals surface area contributed by atoms with Gasteiger partial charge in [-0.15, -0.1) is 10.7 Å². The molecule has 8 nitrogen and oxygen atoms in total. The molecule has 54 valence electrons. The van der Waals surface area contributed by atoms with E-state index in [2.05, 4.69) is 0 Å². The Morgan fingerprint density at radius 3 is 0.889 bits per heavy atom. The van der Waals surface area contributed by atoms with Crippen molar-refractivity contribution >= 4 is 0 Å². The van der Waals surface area contributed by atoms with Gasteiger partial charge in [0.25, 0.3) is 0 Å². The van der Waals surface area contributed by atoms with Crippen molar-refractivity contribution < 1.29 is 21.1 Å². The molecule has 0 aromatic carbocycles. The van der Waals surface area contributed by atoms with E-state index in [1.807, 2.05) is 0 Å². The van der Waals surface area contributed by atoms with Crippen molar-refractivity contribution in [2.75, 3.05) is 0 Å². The van der Waals surface area contributed by atoms with Crippen molar-refractivity contribution in [3.8, 4) is 0 Å². The summed E-state index contributed by atoms with van der Waals surface area (Å²) in [5.74, 6) is 0. The fourth-order valence-electron chi connectivity index (χ4n) is 0. The zero-order valence-electron chi connectivity index (χ0n) is 3.74. The molecule has 0 aromatic rings. The Morgan fingerprint density at radius 2 is 0.889 bits per heavy atom. The predicted molar refractivity (Wildman–Crippen MR) is 22.6 cm³/mol. The van der Waals surface area contributed by atoms with Gasteiger partial charge >= 0.3 is 21.1 Å². The Morgan fingerprint density at radius 1 is 0.889 bits per heavy atom. The SMILES string of the molecule is O=N[O-].O=N[O-].[N].[N].[Pt+2]. The smallest absolute Gasteiger partial charge is 0.444 e. The molecule has 0 aliphatic carbocycles. The van der Waals surface area contributed by atoms with Crippen LogP contribution in [-0.2, 0) is 21.1 Å². The maximum absolute atomic E-state index is 8.00. The van der Waals surface area contributed by atoms with Gasteiger partial charge in [-0.3, -0.25) is 0 Å². The van der Waals surface area contributed by atoms with Gasteiger partial charge in [0, 0.05) is 12.3 Å². The summed E-state index contributed by atoms with van der Waals surface area (Å²) in [4.78, 5) is 16.0. The van der Waals surface area contributed by atoms with Crippen LogP contribution in [0.4, 0.5) is 0 Å². The third-order valence-corrected chi connectivity index (χ3v) is 0. The normalized spacial score (nSPS) is 2.67. The minimum Gasteiger partial charge on any atom is -0.444 e. The van der Waals surface area contributed by atoms with Gasteiger partial charge < -0.3 is 20.2 Å². The third kappa shape index (κ3) is 619. The van der Waals surface area contributed by atoms with Crippen molar-refractivity contribution in [2.45, 2.75) is 0 Å². The maximum Gasteiger partial charge on any atom is 2.00 e. The Hall–Kier alpha value is -0.592. The summed E-state index contributed by atoms with van der Waals surface area (Å²) in [7, 11) is 0. The van der Waals surface area contributed by atoms with E-state index in [1.165, 1.54) is 0 Å². The van der Waals surface area contributed by atoms with Crippen LogP contribution in [0.2, 0.25) is 0 Å². The molecule has 0 aromatic heterocycles. The van der Waals surface area contributed by atoms with Crippen molar-refractivity contribution in [1.29, 1.82) is 0 Å². The van der Waals surface area contributed by atoms with Crippen LogP contribution in [0.3, 0.4) is 0 Å². The number of nitrogens with zero attached hydrogens (tertiary/aromatic N) is 4. The van der Waals surface area contributed by atoms with Gasteiger partial charge in [-0.05, 0) is 0 Å². The molecule has 0 aliphatic heterocycles. The topological polar surface area (TPSA) is 166 Å². The van der Waals surface area contributed by atoms with Crippen LogP contribution in [0.25, 0.3) is 0 Å². The first-order valence-electron chi connectivity index (χ1n) is 0.730. The summed E-state index contributed by atoms with van der Waals surface area (Å²) in [5, 5.41) is 18.0. The van der Waals surface area contributed by atoms with Gasteiger partial charge in [-0.25, -0.2) is 0 Å². The molecule has 0 amide bonds. The van der Waals surface area contributed by atoms with Crippen LogP contribution in [0.1, 0.15) is 0 Å². The van der Waals surface area contributed by atoms with E-state index in [0.29, 0.717) is 0 Å². The van der Waals surface area contributed by atoms with Crippen molar-refractivity contribution in [3.63, 3.8) is 0 Å². The molecule has 0 aliphatic rings. The largest absolute Gasteiger partial charge is 2.00 e. The van der Waals surface area contributed by atoms with Gasteiger partial charge in [-0.1, -0.05) is 0 Å². The molecule has 0 unspecified atom stereocenters. The van der Waals surface area contributed by atoms with E-state index in [-0.39, 0.29) is 33.4 Å². The minimum atomic E-state index is 0. The average molecular weight is 315 g/mol. The quantitative estimate of drug-likeness (QED) is 0.436. The molecule has 9 heavy (non-hydrogen) atoms. The first-order valence-corrected chi connectivity index (χ1v) is 0.730. The fourth-order valence-corrected chi connectivity index (χ4v) is 0. The molecular weight excluding hydrogens is 315 g/mol. The summed E-state index contributed by atoms with van der Waals surface area (Å²) >= 11 is 0. The fraction of sp³-hybridized carbons (Fsp3) is 0. The van der Waals surface area contributed by atoms with Gasteiger partial charge in [0.15, 0.2) is 0 Å². The molecule has 0 heterocycles. The van der Waals surface area contributed by atoms with Crippen molar-refractivity contribution in [1.82, 2.24) is 12.3 Å². The zero-order chi connectivity index (χ0) is 5.41. The molecule has 0 N–H and O–H groups in total. The number of hydrogen-bond donors (Lipinski definition) is 0. The van der Waals surface area contributed by atoms with E-state index >= 15 is 0 Å². The first-order chi connectivity index (χ1) is 2.83. The van der Waals surface area contributed by atoms with E-state index in [4.69, 9.17) is 20.2 Å². The molecule has 0 saturated carbocycles. The molecule has 0 rings (SSSR count). The molecule has 9 heteroatoms. The van der Waals surface area contributed by atoms with Crippen LogP contribution in [0, 0.1) is 20.2 Å². The van der Waals surface area contributed by atoms with E-state index in [9.17, 15) is 0 Å². The second kappa shape index (κ2) is 153. The summed E-state index contributed by atoms with van der Waals surface area (Å²) in [6.45, 7) is 0. The molecule has 0 bridgehead atoms. The summed E-state index contributed by atoms with van der Waals surface area (Å²) in [5.41, 5.74) is 0. The number of hydrogen-bond acceptors (Lipinski definition) is 6. The van der Waals surface area contributed by atoms with Crippen LogP contribution in [-0.4, -0.2) is 0 Å². The molecule has 0 spiro atoms. The molecule has 0 fully saturated rings. The summed E-state index contributed by atoms with van der Waals surface area (Å²) in [6, 6.07) is 0.